The summed E-state index contributed by atoms with van der Waals surface area (Å²) in [7, 11) is 0. The Hall–Kier alpha value is -1.71. The summed E-state index contributed by atoms with van der Waals surface area (Å²) in [4.78, 5) is 14.2. The van der Waals surface area contributed by atoms with Gasteiger partial charge in [-0.1, -0.05) is 12.8 Å². The van der Waals surface area contributed by atoms with Crippen molar-refractivity contribution in [1.29, 1.82) is 0 Å². The second kappa shape index (κ2) is 5.95. The molecule has 0 aliphatic carbocycles. The highest BCUT2D eigenvalue weighted by atomic mass is 16.2. The van der Waals surface area contributed by atoms with Gasteiger partial charge in [0.1, 0.15) is 0 Å². The third-order valence-electron chi connectivity index (χ3n) is 3.75. The topological polar surface area (TPSA) is 58.4 Å². The van der Waals surface area contributed by atoms with Gasteiger partial charge in [-0.3, -0.25) is 0 Å². The van der Waals surface area contributed by atoms with E-state index in [4.69, 9.17) is 5.73 Å². The van der Waals surface area contributed by atoms with E-state index in [9.17, 15) is 4.79 Å². The van der Waals surface area contributed by atoms with Crippen LogP contribution in [-0.2, 0) is 0 Å². The predicted octanol–water partition coefficient (Wildman–Crippen LogP) is 3.29. The molecule has 0 saturated carbocycles. The molecule has 1 aromatic carbocycles. The van der Waals surface area contributed by atoms with Gasteiger partial charge in [0.15, 0.2) is 0 Å². The van der Waals surface area contributed by atoms with Crippen LogP contribution in [0.25, 0.3) is 0 Å². The number of likely N-dealkylation sites (tertiary alicyclic amines) is 1. The molecule has 1 aliphatic rings. The molecule has 1 saturated heterocycles. The lowest BCUT2D eigenvalue weighted by atomic mass is 10.1. The lowest BCUT2D eigenvalue weighted by Gasteiger charge is -2.21. The number of nitrogens with zero attached hydrogens (tertiary/aromatic N) is 1. The van der Waals surface area contributed by atoms with Crippen molar-refractivity contribution >= 4 is 17.4 Å². The van der Waals surface area contributed by atoms with E-state index in [1.54, 1.807) is 0 Å². The summed E-state index contributed by atoms with van der Waals surface area (Å²) in [5, 5.41) is 3.01. The summed E-state index contributed by atoms with van der Waals surface area (Å²) in [5.41, 5.74) is 9.49. The second-order valence-electron chi connectivity index (χ2n) is 5.36. The molecule has 0 atom stereocenters. The Labute approximate surface area is 115 Å². The number of hydrogen-bond donors (Lipinski definition) is 2. The molecule has 0 bridgehead atoms. The van der Waals surface area contributed by atoms with Gasteiger partial charge < -0.3 is 16.0 Å². The molecule has 0 radical (unpaired) electrons. The molecule has 0 aromatic heterocycles. The third-order valence-corrected chi connectivity index (χ3v) is 3.75. The largest absolute Gasteiger partial charge is 0.399 e. The van der Waals surface area contributed by atoms with E-state index in [2.05, 4.69) is 5.32 Å². The van der Waals surface area contributed by atoms with Crippen molar-refractivity contribution in [2.24, 2.45) is 0 Å². The van der Waals surface area contributed by atoms with Gasteiger partial charge in [-0.25, -0.2) is 4.79 Å². The van der Waals surface area contributed by atoms with E-state index in [-0.39, 0.29) is 6.03 Å². The number of nitrogens with two attached hydrogens (primary N) is 1. The summed E-state index contributed by atoms with van der Waals surface area (Å²) in [6.07, 6.45) is 4.66. The van der Waals surface area contributed by atoms with Crippen molar-refractivity contribution in [3.63, 3.8) is 0 Å². The zero-order chi connectivity index (χ0) is 13.8. The van der Waals surface area contributed by atoms with Gasteiger partial charge in [0.2, 0.25) is 0 Å². The Morgan fingerprint density at radius 2 is 1.74 bits per heavy atom. The Kier molecular flexibility index (Phi) is 4.30. The van der Waals surface area contributed by atoms with Crippen LogP contribution < -0.4 is 11.1 Å². The Morgan fingerprint density at radius 1 is 1.11 bits per heavy atom. The normalized spacial score (nSPS) is 16.0. The highest BCUT2D eigenvalue weighted by Crippen LogP contribution is 2.22. The molecule has 0 spiro atoms. The molecule has 2 rings (SSSR count). The van der Waals surface area contributed by atoms with Crippen LogP contribution in [0.4, 0.5) is 16.2 Å². The SMILES string of the molecule is Cc1cc(NC(=O)N2CCCCCC2)c(C)cc1N. The number of benzene rings is 1. The fraction of sp³-hybridized carbons (Fsp3) is 0.533. The number of carbonyl (C=O) groups excluding carboxylic acids is 1. The van der Waals surface area contributed by atoms with Gasteiger partial charge in [0.05, 0.1) is 0 Å². The van der Waals surface area contributed by atoms with Crippen LogP contribution in [0.2, 0.25) is 0 Å². The molecule has 0 unspecified atom stereocenters. The summed E-state index contributed by atoms with van der Waals surface area (Å²) >= 11 is 0. The van der Waals surface area contributed by atoms with E-state index in [1.165, 1.54) is 12.8 Å². The van der Waals surface area contributed by atoms with E-state index in [0.717, 1.165) is 48.4 Å². The first-order valence-corrected chi connectivity index (χ1v) is 7.00. The summed E-state index contributed by atoms with van der Waals surface area (Å²) in [6, 6.07) is 3.86. The van der Waals surface area contributed by atoms with E-state index >= 15 is 0 Å². The van der Waals surface area contributed by atoms with Gasteiger partial charge in [-0.2, -0.15) is 0 Å². The van der Waals surface area contributed by atoms with Crippen molar-refractivity contribution in [3.05, 3.63) is 23.3 Å². The molecule has 3 N–H and O–H groups in total. The molecule has 4 nitrogen and oxygen atoms in total. The quantitative estimate of drug-likeness (QED) is 0.762. The molecule has 1 heterocycles. The molecular weight excluding hydrogens is 238 g/mol. The molecule has 1 aromatic rings. The zero-order valence-corrected chi connectivity index (χ0v) is 11.8. The number of hydrogen-bond acceptors (Lipinski definition) is 2. The van der Waals surface area contributed by atoms with Crippen LogP contribution in [0, 0.1) is 13.8 Å². The summed E-state index contributed by atoms with van der Waals surface area (Å²) < 4.78 is 0. The van der Waals surface area contributed by atoms with Crippen LogP contribution in [0.3, 0.4) is 0 Å². The van der Waals surface area contributed by atoms with Crippen molar-refractivity contribution in [1.82, 2.24) is 4.90 Å². The lowest BCUT2D eigenvalue weighted by Crippen LogP contribution is -2.35. The third kappa shape index (κ3) is 3.40. The fourth-order valence-electron chi connectivity index (χ4n) is 2.44. The minimum Gasteiger partial charge on any atom is -0.399 e. The van der Waals surface area contributed by atoms with E-state index in [1.807, 2.05) is 30.9 Å². The van der Waals surface area contributed by atoms with Gasteiger partial charge in [0.25, 0.3) is 0 Å². The Bertz CT molecular complexity index is 463. The molecule has 4 heteroatoms. The first-order chi connectivity index (χ1) is 9.08. The van der Waals surface area contributed by atoms with Gasteiger partial charge in [-0.15, -0.1) is 0 Å². The van der Waals surface area contributed by atoms with Crippen molar-refractivity contribution in [2.45, 2.75) is 39.5 Å². The number of anilines is 2. The predicted molar refractivity (Wildman–Crippen MR) is 79.4 cm³/mol. The maximum atomic E-state index is 12.3. The van der Waals surface area contributed by atoms with Crippen LogP contribution in [0.5, 0.6) is 0 Å². The number of nitrogen functional groups attached to an aromatic ring is 1. The minimum absolute atomic E-state index is 0.00849. The maximum absolute atomic E-state index is 12.3. The minimum atomic E-state index is 0.00849. The van der Waals surface area contributed by atoms with Crippen LogP contribution in [-0.4, -0.2) is 24.0 Å². The maximum Gasteiger partial charge on any atom is 0.321 e. The molecule has 19 heavy (non-hydrogen) atoms. The second-order valence-corrected chi connectivity index (χ2v) is 5.36. The van der Waals surface area contributed by atoms with Gasteiger partial charge in [-0.05, 0) is 49.9 Å². The standard InChI is InChI=1S/C15H23N3O/c1-11-10-14(12(2)9-13(11)16)17-15(19)18-7-5-3-4-6-8-18/h9-10H,3-8,16H2,1-2H3,(H,17,19). The van der Waals surface area contributed by atoms with E-state index in [0.29, 0.717) is 0 Å². The Morgan fingerprint density at radius 3 is 2.37 bits per heavy atom. The number of nitrogens with one attached hydrogen (secondary N) is 1. The van der Waals surface area contributed by atoms with Crippen molar-refractivity contribution < 1.29 is 4.79 Å². The van der Waals surface area contributed by atoms with Crippen molar-refractivity contribution in [2.75, 3.05) is 24.1 Å². The summed E-state index contributed by atoms with van der Waals surface area (Å²) in [5.74, 6) is 0. The highest BCUT2D eigenvalue weighted by Gasteiger charge is 2.16. The average Bonchev–Trinajstić information content (AvgIpc) is 2.64. The molecule has 1 aliphatic heterocycles. The average molecular weight is 261 g/mol. The van der Waals surface area contributed by atoms with Crippen LogP contribution in [0.15, 0.2) is 12.1 Å². The monoisotopic (exact) mass is 261 g/mol. The zero-order valence-electron chi connectivity index (χ0n) is 11.8. The van der Waals surface area contributed by atoms with E-state index < -0.39 is 0 Å². The van der Waals surface area contributed by atoms with Gasteiger partial charge in [0, 0.05) is 24.5 Å². The van der Waals surface area contributed by atoms with Crippen molar-refractivity contribution in [3.8, 4) is 0 Å². The molecular formula is C15H23N3O. The highest BCUT2D eigenvalue weighted by molar-refractivity contribution is 5.90. The number of carbonyl (C=O) groups is 1. The first-order valence-electron chi connectivity index (χ1n) is 7.00. The Balaban J connectivity index is 2.07. The van der Waals surface area contributed by atoms with Crippen LogP contribution >= 0.6 is 0 Å². The number of amides is 2. The molecule has 2 amide bonds. The lowest BCUT2D eigenvalue weighted by molar-refractivity contribution is 0.213. The smallest absolute Gasteiger partial charge is 0.321 e. The number of aryl methyl sites for hydroxylation is 2. The molecule has 104 valence electrons. The number of rotatable bonds is 1. The van der Waals surface area contributed by atoms with Crippen LogP contribution in [0.1, 0.15) is 36.8 Å². The van der Waals surface area contributed by atoms with Gasteiger partial charge >= 0.3 is 6.03 Å². The first kappa shape index (κ1) is 13.7. The fourth-order valence-corrected chi connectivity index (χ4v) is 2.44. The summed E-state index contributed by atoms with van der Waals surface area (Å²) in [6.45, 7) is 5.64. The molecule has 1 fully saturated rings. The number of urea groups is 1.